The second-order valence-corrected chi connectivity index (χ2v) is 6.22. The maximum absolute atomic E-state index is 12.8. The number of aromatic amines is 1. The fraction of sp³-hybridized carbons (Fsp3) is 0.600. The summed E-state index contributed by atoms with van der Waals surface area (Å²) in [6.45, 7) is 4.74. The van der Waals surface area contributed by atoms with Crippen molar-refractivity contribution in [1.82, 2.24) is 25.2 Å². The Balaban J connectivity index is 1.63. The standard InChI is InChI=1S/C15H19N5O3/c1-8-7-11(18-17-8)15(21)20-5-6-22-9(2)12(20)14-16-13(19-23-14)10-3-4-10/h7,9-10,12H,3-6H2,1-2H3,(H,17,18)/t9-,12+/m1/s1. The van der Waals surface area contributed by atoms with E-state index in [9.17, 15) is 4.79 Å². The van der Waals surface area contributed by atoms with Crippen LogP contribution in [0.15, 0.2) is 10.6 Å². The van der Waals surface area contributed by atoms with E-state index in [1.54, 1.807) is 11.0 Å². The lowest BCUT2D eigenvalue weighted by atomic mass is 10.1. The van der Waals surface area contributed by atoms with E-state index in [2.05, 4.69) is 20.3 Å². The average Bonchev–Trinajstić information content (AvgIpc) is 3.12. The number of aryl methyl sites for hydroxylation is 1. The first-order valence-corrected chi connectivity index (χ1v) is 7.91. The molecular formula is C15H19N5O3. The van der Waals surface area contributed by atoms with Crippen LogP contribution < -0.4 is 0 Å². The van der Waals surface area contributed by atoms with Crippen molar-refractivity contribution in [2.45, 2.75) is 44.8 Å². The highest BCUT2D eigenvalue weighted by Gasteiger charge is 2.40. The molecule has 0 unspecified atom stereocenters. The number of carbonyl (C=O) groups excluding carboxylic acids is 1. The van der Waals surface area contributed by atoms with Crippen LogP contribution in [0.25, 0.3) is 0 Å². The molecule has 0 bridgehead atoms. The van der Waals surface area contributed by atoms with Crippen molar-refractivity contribution in [2.75, 3.05) is 13.2 Å². The van der Waals surface area contributed by atoms with Crippen LogP contribution in [0.4, 0.5) is 0 Å². The van der Waals surface area contributed by atoms with Gasteiger partial charge in [-0.05, 0) is 32.8 Å². The SMILES string of the molecule is Cc1cc(C(=O)N2CCO[C@H](C)[C@H]2c2nc(C3CC3)no2)n[nH]1. The van der Waals surface area contributed by atoms with Gasteiger partial charge in [0.25, 0.3) is 11.8 Å². The van der Waals surface area contributed by atoms with E-state index in [-0.39, 0.29) is 18.1 Å². The zero-order chi connectivity index (χ0) is 16.0. The van der Waals surface area contributed by atoms with Gasteiger partial charge in [-0.2, -0.15) is 10.1 Å². The van der Waals surface area contributed by atoms with E-state index in [1.807, 2.05) is 13.8 Å². The van der Waals surface area contributed by atoms with E-state index in [1.165, 1.54) is 0 Å². The van der Waals surface area contributed by atoms with E-state index in [4.69, 9.17) is 9.26 Å². The molecular weight excluding hydrogens is 298 g/mol. The lowest BCUT2D eigenvalue weighted by molar-refractivity contribution is -0.0602. The number of rotatable bonds is 3. The Labute approximate surface area is 133 Å². The number of morpholine rings is 1. The first-order valence-electron chi connectivity index (χ1n) is 7.91. The molecule has 1 saturated carbocycles. The highest BCUT2D eigenvalue weighted by molar-refractivity contribution is 5.92. The van der Waals surface area contributed by atoms with Gasteiger partial charge in [-0.1, -0.05) is 5.16 Å². The van der Waals surface area contributed by atoms with E-state index in [0.717, 1.165) is 24.4 Å². The van der Waals surface area contributed by atoms with Crippen molar-refractivity contribution >= 4 is 5.91 Å². The Kier molecular flexibility index (Phi) is 3.41. The van der Waals surface area contributed by atoms with Gasteiger partial charge in [-0.25, -0.2) is 0 Å². The van der Waals surface area contributed by atoms with Gasteiger partial charge in [-0.3, -0.25) is 9.89 Å². The molecule has 1 amide bonds. The highest BCUT2D eigenvalue weighted by Crippen LogP contribution is 2.39. The summed E-state index contributed by atoms with van der Waals surface area (Å²) in [5.41, 5.74) is 1.24. The molecule has 0 radical (unpaired) electrons. The lowest BCUT2D eigenvalue weighted by Gasteiger charge is -2.37. The number of H-pyrrole nitrogens is 1. The van der Waals surface area contributed by atoms with Crippen molar-refractivity contribution < 1.29 is 14.1 Å². The summed E-state index contributed by atoms with van der Waals surface area (Å²) in [6.07, 6.45) is 2.00. The lowest BCUT2D eigenvalue weighted by Crippen LogP contribution is -2.47. The van der Waals surface area contributed by atoms with Gasteiger partial charge in [-0.15, -0.1) is 0 Å². The van der Waals surface area contributed by atoms with Crippen LogP contribution in [0, 0.1) is 6.92 Å². The molecule has 8 heteroatoms. The van der Waals surface area contributed by atoms with Crippen LogP contribution in [-0.4, -0.2) is 50.4 Å². The monoisotopic (exact) mass is 317 g/mol. The second-order valence-electron chi connectivity index (χ2n) is 6.22. The van der Waals surface area contributed by atoms with E-state index < -0.39 is 0 Å². The third kappa shape index (κ3) is 2.63. The van der Waals surface area contributed by atoms with Crippen molar-refractivity contribution in [3.05, 3.63) is 29.2 Å². The van der Waals surface area contributed by atoms with Crippen molar-refractivity contribution in [3.63, 3.8) is 0 Å². The first-order chi connectivity index (χ1) is 11.1. The zero-order valence-electron chi connectivity index (χ0n) is 13.2. The third-order valence-corrected chi connectivity index (χ3v) is 4.33. The maximum Gasteiger partial charge on any atom is 0.275 e. The van der Waals surface area contributed by atoms with E-state index in [0.29, 0.717) is 30.7 Å². The molecule has 0 aromatic carbocycles. The van der Waals surface area contributed by atoms with Crippen LogP contribution in [0.1, 0.15) is 59.6 Å². The summed E-state index contributed by atoms with van der Waals surface area (Å²) in [4.78, 5) is 19.0. The molecule has 122 valence electrons. The molecule has 1 aliphatic carbocycles. The topological polar surface area (TPSA) is 97.1 Å². The Bertz CT molecular complexity index is 720. The summed E-state index contributed by atoms with van der Waals surface area (Å²) in [6, 6.07) is 1.36. The van der Waals surface area contributed by atoms with Crippen molar-refractivity contribution in [3.8, 4) is 0 Å². The molecule has 8 nitrogen and oxygen atoms in total. The molecule has 4 rings (SSSR count). The quantitative estimate of drug-likeness (QED) is 0.923. The number of carbonyl (C=O) groups is 1. The number of aromatic nitrogens is 4. The maximum atomic E-state index is 12.8. The van der Waals surface area contributed by atoms with Crippen molar-refractivity contribution in [1.29, 1.82) is 0 Å². The smallest absolute Gasteiger partial charge is 0.275 e. The van der Waals surface area contributed by atoms with Crippen molar-refractivity contribution in [2.24, 2.45) is 0 Å². The Hall–Kier alpha value is -2.22. The summed E-state index contributed by atoms with van der Waals surface area (Å²) in [7, 11) is 0. The molecule has 2 fully saturated rings. The minimum Gasteiger partial charge on any atom is -0.374 e. The Morgan fingerprint density at radius 3 is 2.96 bits per heavy atom. The molecule has 1 saturated heterocycles. The normalized spacial score (nSPS) is 24.9. The van der Waals surface area contributed by atoms with Gasteiger partial charge < -0.3 is 14.2 Å². The molecule has 2 aromatic heterocycles. The van der Waals surface area contributed by atoms with Gasteiger partial charge in [0.2, 0.25) is 0 Å². The van der Waals surface area contributed by atoms with Gasteiger partial charge in [0.15, 0.2) is 5.82 Å². The second kappa shape index (κ2) is 5.45. The van der Waals surface area contributed by atoms with Gasteiger partial charge >= 0.3 is 0 Å². The average molecular weight is 317 g/mol. The van der Waals surface area contributed by atoms with E-state index >= 15 is 0 Å². The number of hydrogen-bond acceptors (Lipinski definition) is 6. The Morgan fingerprint density at radius 2 is 2.26 bits per heavy atom. The number of ether oxygens (including phenoxy) is 1. The molecule has 3 heterocycles. The number of nitrogens with one attached hydrogen (secondary N) is 1. The molecule has 1 N–H and O–H groups in total. The predicted molar refractivity (Wildman–Crippen MR) is 78.8 cm³/mol. The fourth-order valence-corrected chi connectivity index (χ4v) is 2.93. The molecule has 2 atom stereocenters. The summed E-state index contributed by atoms with van der Waals surface area (Å²) in [5.74, 6) is 1.44. The number of amides is 1. The van der Waals surface area contributed by atoms with Crippen LogP contribution >= 0.6 is 0 Å². The third-order valence-electron chi connectivity index (χ3n) is 4.33. The van der Waals surface area contributed by atoms with Crippen LogP contribution in [-0.2, 0) is 4.74 Å². The van der Waals surface area contributed by atoms with Crippen LogP contribution in [0.3, 0.4) is 0 Å². The van der Waals surface area contributed by atoms with Gasteiger partial charge in [0.05, 0.1) is 12.7 Å². The Morgan fingerprint density at radius 1 is 1.43 bits per heavy atom. The number of hydrogen-bond donors (Lipinski definition) is 1. The molecule has 2 aliphatic rings. The summed E-state index contributed by atoms with van der Waals surface area (Å²) >= 11 is 0. The summed E-state index contributed by atoms with van der Waals surface area (Å²) < 4.78 is 11.1. The fourth-order valence-electron chi connectivity index (χ4n) is 2.93. The van der Waals surface area contributed by atoms with Crippen LogP contribution in [0.2, 0.25) is 0 Å². The number of nitrogens with zero attached hydrogens (tertiary/aromatic N) is 4. The largest absolute Gasteiger partial charge is 0.374 e. The van der Waals surface area contributed by atoms with Gasteiger partial charge in [0.1, 0.15) is 11.7 Å². The molecule has 2 aromatic rings. The summed E-state index contributed by atoms with van der Waals surface area (Å²) in [5, 5.41) is 10.9. The van der Waals surface area contributed by atoms with Gasteiger partial charge in [0, 0.05) is 18.2 Å². The first kappa shape index (κ1) is 14.4. The predicted octanol–water partition coefficient (Wildman–Crippen LogP) is 1.58. The van der Waals surface area contributed by atoms with Crippen LogP contribution in [0.5, 0.6) is 0 Å². The highest BCUT2D eigenvalue weighted by atomic mass is 16.5. The molecule has 23 heavy (non-hydrogen) atoms. The minimum absolute atomic E-state index is 0.152. The molecule has 1 aliphatic heterocycles. The molecule has 0 spiro atoms. The minimum atomic E-state index is -0.381. The zero-order valence-corrected chi connectivity index (χ0v) is 13.2.